The minimum Gasteiger partial charge on any atom is -0.484 e. The van der Waals surface area contributed by atoms with E-state index in [2.05, 4.69) is 40.4 Å². The van der Waals surface area contributed by atoms with Crippen molar-refractivity contribution in [2.45, 2.75) is 26.7 Å². The van der Waals surface area contributed by atoms with Gasteiger partial charge in [0.05, 0.1) is 11.4 Å². The van der Waals surface area contributed by atoms with Crippen molar-refractivity contribution in [3.05, 3.63) is 52.5 Å². The fourth-order valence-electron chi connectivity index (χ4n) is 2.20. The zero-order chi connectivity index (χ0) is 18.4. The van der Waals surface area contributed by atoms with E-state index >= 15 is 0 Å². The highest BCUT2D eigenvalue weighted by Gasteiger charge is 2.10. The van der Waals surface area contributed by atoms with Crippen molar-refractivity contribution in [1.82, 2.24) is 0 Å². The Balaban J connectivity index is 1.98. The number of nitrogens with one attached hydrogen (secondary N) is 2. The lowest BCUT2D eigenvalue weighted by Crippen LogP contribution is -2.21. The summed E-state index contributed by atoms with van der Waals surface area (Å²) in [5.74, 6) is 0.564. The molecule has 0 heterocycles. The van der Waals surface area contributed by atoms with Crippen LogP contribution in [0, 0.1) is 0 Å². The van der Waals surface area contributed by atoms with Gasteiger partial charge in [-0.25, -0.2) is 0 Å². The van der Waals surface area contributed by atoms with Gasteiger partial charge >= 0.3 is 0 Å². The molecule has 25 heavy (non-hydrogen) atoms. The largest absolute Gasteiger partial charge is 0.484 e. The van der Waals surface area contributed by atoms with Crippen molar-refractivity contribution >= 4 is 39.1 Å². The summed E-state index contributed by atoms with van der Waals surface area (Å²) in [5, 5.41) is 5.43. The van der Waals surface area contributed by atoms with E-state index in [1.165, 1.54) is 12.5 Å². The van der Waals surface area contributed by atoms with E-state index in [0.29, 0.717) is 23.0 Å². The maximum Gasteiger partial charge on any atom is 0.262 e. The summed E-state index contributed by atoms with van der Waals surface area (Å²) in [6, 6.07) is 12.9. The number of carbonyl (C=O) groups excluding carboxylic acids is 2. The average Bonchev–Trinajstić information content (AvgIpc) is 2.55. The molecule has 0 aliphatic rings. The van der Waals surface area contributed by atoms with Crippen LogP contribution in [0.5, 0.6) is 5.75 Å². The summed E-state index contributed by atoms with van der Waals surface area (Å²) < 4.78 is 6.31. The molecule has 0 saturated carbocycles. The second kappa shape index (κ2) is 8.67. The summed E-state index contributed by atoms with van der Waals surface area (Å²) in [6.45, 7) is 5.53. The van der Waals surface area contributed by atoms with Crippen LogP contribution in [0.4, 0.5) is 11.4 Å². The van der Waals surface area contributed by atoms with Crippen LogP contribution in [0.3, 0.4) is 0 Å². The standard InChI is InChI=1S/C19H21BrN2O3/c1-12(2)14-4-7-16(8-5-14)25-11-19(24)22-18-10-15(20)6-9-17(18)21-13(3)23/h4-10,12H,11H2,1-3H3,(H,21,23)(H,22,24). The van der Waals surface area contributed by atoms with E-state index in [-0.39, 0.29) is 18.4 Å². The molecule has 0 bridgehead atoms. The summed E-state index contributed by atoms with van der Waals surface area (Å²) in [6.07, 6.45) is 0. The van der Waals surface area contributed by atoms with Crippen LogP contribution in [-0.4, -0.2) is 18.4 Å². The Morgan fingerprint density at radius 1 is 1.04 bits per heavy atom. The second-order valence-electron chi connectivity index (χ2n) is 5.93. The zero-order valence-corrected chi connectivity index (χ0v) is 16.0. The van der Waals surface area contributed by atoms with Crippen LogP contribution in [0.2, 0.25) is 0 Å². The lowest BCUT2D eigenvalue weighted by molar-refractivity contribution is -0.118. The van der Waals surface area contributed by atoms with Gasteiger partial charge in [0.2, 0.25) is 5.91 Å². The predicted octanol–water partition coefficient (Wildman–Crippen LogP) is 4.55. The van der Waals surface area contributed by atoms with Crippen molar-refractivity contribution in [2.24, 2.45) is 0 Å². The molecule has 0 aromatic heterocycles. The summed E-state index contributed by atoms with van der Waals surface area (Å²) in [5.41, 5.74) is 2.25. The van der Waals surface area contributed by atoms with Gasteiger partial charge in [-0.3, -0.25) is 9.59 Å². The Morgan fingerprint density at radius 2 is 1.72 bits per heavy atom. The maximum absolute atomic E-state index is 12.1. The van der Waals surface area contributed by atoms with Crippen LogP contribution in [0.25, 0.3) is 0 Å². The normalized spacial score (nSPS) is 10.4. The van der Waals surface area contributed by atoms with E-state index in [0.717, 1.165) is 4.47 Å². The highest BCUT2D eigenvalue weighted by atomic mass is 79.9. The van der Waals surface area contributed by atoms with Crippen LogP contribution < -0.4 is 15.4 Å². The van der Waals surface area contributed by atoms with Crippen molar-refractivity contribution < 1.29 is 14.3 Å². The number of amides is 2. The van der Waals surface area contributed by atoms with Gasteiger partial charge in [0.15, 0.2) is 6.61 Å². The minimum atomic E-state index is -0.308. The summed E-state index contributed by atoms with van der Waals surface area (Å²) >= 11 is 3.35. The molecule has 2 aromatic rings. The first-order chi connectivity index (χ1) is 11.8. The number of anilines is 2. The molecule has 0 spiro atoms. The zero-order valence-electron chi connectivity index (χ0n) is 14.4. The lowest BCUT2D eigenvalue weighted by atomic mass is 10.0. The first-order valence-corrected chi connectivity index (χ1v) is 8.74. The molecule has 0 atom stereocenters. The van der Waals surface area contributed by atoms with Gasteiger partial charge in [-0.15, -0.1) is 0 Å². The Kier molecular flexibility index (Phi) is 6.58. The Hall–Kier alpha value is -2.34. The molecule has 0 aliphatic heterocycles. The van der Waals surface area contributed by atoms with Crippen LogP contribution in [-0.2, 0) is 9.59 Å². The minimum absolute atomic E-state index is 0.118. The third-order valence-electron chi connectivity index (χ3n) is 3.48. The van der Waals surface area contributed by atoms with Crippen LogP contribution in [0.15, 0.2) is 46.9 Å². The number of hydrogen-bond donors (Lipinski definition) is 2. The van der Waals surface area contributed by atoms with Gasteiger partial charge in [0, 0.05) is 11.4 Å². The van der Waals surface area contributed by atoms with E-state index in [9.17, 15) is 9.59 Å². The number of ether oxygens (including phenoxy) is 1. The van der Waals surface area contributed by atoms with Gasteiger partial charge in [0.1, 0.15) is 5.75 Å². The monoisotopic (exact) mass is 404 g/mol. The molecule has 0 radical (unpaired) electrons. The van der Waals surface area contributed by atoms with E-state index in [1.807, 2.05) is 24.3 Å². The smallest absolute Gasteiger partial charge is 0.262 e. The molecular formula is C19H21BrN2O3. The van der Waals surface area contributed by atoms with Gasteiger partial charge in [0.25, 0.3) is 5.91 Å². The summed E-state index contributed by atoms with van der Waals surface area (Å²) in [7, 11) is 0. The van der Waals surface area contributed by atoms with Gasteiger partial charge < -0.3 is 15.4 Å². The Morgan fingerprint density at radius 3 is 2.32 bits per heavy atom. The molecule has 0 fully saturated rings. The van der Waals surface area contributed by atoms with E-state index < -0.39 is 0 Å². The van der Waals surface area contributed by atoms with E-state index in [1.54, 1.807) is 18.2 Å². The molecule has 2 rings (SSSR count). The Labute approximate surface area is 155 Å². The fourth-order valence-corrected chi connectivity index (χ4v) is 2.56. The Bertz CT molecular complexity index is 758. The van der Waals surface area contributed by atoms with Crippen molar-refractivity contribution in [3.8, 4) is 5.75 Å². The van der Waals surface area contributed by atoms with Crippen LogP contribution >= 0.6 is 15.9 Å². The lowest BCUT2D eigenvalue weighted by Gasteiger charge is -2.13. The quantitative estimate of drug-likeness (QED) is 0.741. The first kappa shape index (κ1) is 19.0. The average molecular weight is 405 g/mol. The van der Waals surface area contributed by atoms with Gasteiger partial charge in [-0.2, -0.15) is 0 Å². The van der Waals surface area contributed by atoms with Crippen molar-refractivity contribution in [3.63, 3.8) is 0 Å². The molecule has 5 nitrogen and oxygen atoms in total. The fraction of sp³-hybridized carbons (Fsp3) is 0.263. The maximum atomic E-state index is 12.1. The second-order valence-corrected chi connectivity index (χ2v) is 6.85. The molecule has 2 amide bonds. The topological polar surface area (TPSA) is 67.4 Å². The molecule has 2 N–H and O–H groups in total. The number of halogens is 1. The third-order valence-corrected chi connectivity index (χ3v) is 3.98. The molecule has 132 valence electrons. The van der Waals surface area contributed by atoms with E-state index in [4.69, 9.17) is 4.74 Å². The van der Waals surface area contributed by atoms with Gasteiger partial charge in [-0.05, 0) is 41.8 Å². The molecule has 2 aromatic carbocycles. The highest BCUT2D eigenvalue weighted by Crippen LogP contribution is 2.26. The number of rotatable bonds is 6. The molecule has 0 saturated heterocycles. The highest BCUT2D eigenvalue weighted by molar-refractivity contribution is 9.10. The SMILES string of the molecule is CC(=O)Nc1ccc(Br)cc1NC(=O)COc1ccc(C(C)C)cc1. The van der Waals surface area contributed by atoms with Crippen LogP contribution in [0.1, 0.15) is 32.3 Å². The first-order valence-electron chi connectivity index (χ1n) is 7.95. The van der Waals surface area contributed by atoms with Gasteiger partial charge in [-0.1, -0.05) is 41.9 Å². The molecular weight excluding hydrogens is 384 g/mol. The van der Waals surface area contributed by atoms with Crippen molar-refractivity contribution in [1.29, 1.82) is 0 Å². The molecule has 6 heteroatoms. The number of hydrogen-bond acceptors (Lipinski definition) is 3. The number of benzene rings is 2. The summed E-state index contributed by atoms with van der Waals surface area (Å²) in [4.78, 5) is 23.4. The number of carbonyl (C=O) groups is 2. The molecule has 0 unspecified atom stereocenters. The third kappa shape index (κ3) is 5.90. The van der Waals surface area contributed by atoms with Crippen molar-refractivity contribution in [2.75, 3.05) is 17.2 Å². The molecule has 0 aliphatic carbocycles. The predicted molar refractivity (Wildman–Crippen MR) is 103 cm³/mol.